The molecule has 8 rings (SSSR count). The van der Waals surface area contributed by atoms with Gasteiger partial charge in [0.2, 0.25) is 0 Å². The summed E-state index contributed by atoms with van der Waals surface area (Å²) in [5.41, 5.74) is 2.04. The second-order valence-corrected chi connectivity index (χ2v) is 15.9. The van der Waals surface area contributed by atoms with Crippen molar-refractivity contribution in [3.8, 4) is 34.1 Å². The van der Waals surface area contributed by atoms with E-state index in [1.807, 2.05) is 6.92 Å². The molecule has 0 saturated heterocycles. The normalized spacial score (nSPS) is 15.1. The summed E-state index contributed by atoms with van der Waals surface area (Å²) in [5.74, 6) is 3.03. The van der Waals surface area contributed by atoms with Gasteiger partial charge >= 0.3 is 0 Å². The van der Waals surface area contributed by atoms with Crippen molar-refractivity contribution in [3.05, 3.63) is 146 Å². The maximum Gasteiger partial charge on any atom is 0.170 e. The van der Waals surface area contributed by atoms with Gasteiger partial charge in [0.15, 0.2) is 23.0 Å². The van der Waals surface area contributed by atoms with Crippen LogP contribution in [-0.2, 0) is 0 Å². The smallest absolute Gasteiger partial charge is 0.170 e. The highest BCUT2D eigenvalue weighted by Gasteiger charge is 2.35. The largest absolute Gasteiger partial charge is 0.486 e. The molecule has 6 aromatic carbocycles. The standard InChI is InChI=1S/C41H34O4P2/c1-29-28-44-41-35(45-29)23-25-37(47(32-18-10-4-11-19-32)33-20-12-5-13-21-33)39(41)38-36(24-22-34-40(38)43-27-26-42-34)46(30-14-6-2-7-15-30)31-16-8-3-9-17-31/h2-25,29H,26-28H2,1H3/t29-/m0/s1. The second-order valence-electron chi connectivity index (χ2n) is 11.5. The molecule has 6 aromatic rings. The fourth-order valence-electron chi connectivity index (χ4n) is 6.36. The third-order valence-electron chi connectivity index (χ3n) is 8.37. The van der Waals surface area contributed by atoms with Gasteiger partial charge in [0.05, 0.1) is 0 Å². The highest BCUT2D eigenvalue weighted by molar-refractivity contribution is 7.80. The molecule has 0 aliphatic carbocycles. The maximum atomic E-state index is 6.72. The van der Waals surface area contributed by atoms with Crippen molar-refractivity contribution in [2.75, 3.05) is 19.8 Å². The number of fused-ring (bicyclic) bond motifs is 2. The zero-order valence-electron chi connectivity index (χ0n) is 26.1. The third-order valence-corrected chi connectivity index (χ3v) is 13.3. The highest BCUT2D eigenvalue weighted by Crippen LogP contribution is 2.52. The highest BCUT2D eigenvalue weighted by atomic mass is 31.1. The lowest BCUT2D eigenvalue weighted by Gasteiger charge is -2.33. The second kappa shape index (κ2) is 13.2. The summed E-state index contributed by atoms with van der Waals surface area (Å²) in [4.78, 5) is 0. The van der Waals surface area contributed by atoms with Crippen LogP contribution in [0.4, 0.5) is 0 Å². The monoisotopic (exact) mass is 652 g/mol. The first-order valence-electron chi connectivity index (χ1n) is 16.0. The van der Waals surface area contributed by atoms with E-state index in [0.717, 1.165) is 34.1 Å². The summed E-state index contributed by atoms with van der Waals surface area (Å²) in [7, 11) is -1.99. The molecule has 0 fully saturated rings. The van der Waals surface area contributed by atoms with Crippen molar-refractivity contribution in [2.24, 2.45) is 0 Å². The van der Waals surface area contributed by atoms with Gasteiger partial charge in [-0.2, -0.15) is 0 Å². The first-order chi connectivity index (χ1) is 23.3. The molecule has 1 atom stereocenters. The number of benzene rings is 6. The van der Waals surface area contributed by atoms with Gasteiger partial charge in [-0.3, -0.25) is 0 Å². The van der Waals surface area contributed by atoms with Crippen molar-refractivity contribution in [3.63, 3.8) is 0 Å². The molecule has 0 aromatic heterocycles. The van der Waals surface area contributed by atoms with E-state index in [0.29, 0.717) is 19.8 Å². The fraction of sp³-hybridized carbons (Fsp3) is 0.122. The lowest BCUT2D eigenvalue weighted by Crippen LogP contribution is -2.31. The predicted molar refractivity (Wildman–Crippen MR) is 196 cm³/mol. The van der Waals surface area contributed by atoms with Crippen molar-refractivity contribution >= 4 is 47.7 Å². The van der Waals surface area contributed by atoms with Crippen LogP contribution in [-0.4, -0.2) is 25.9 Å². The molecule has 47 heavy (non-hydrogen) atoms. The van der Waals surface area contributed by atoms with Crippen LogP contribution in [0.15, 0.2) is 146 Å². The van der Waals surface area contributed by atoms with Gasteiger partial charge < -0.3 is 18.9 Å². The molecule has 4 nitrogen and oxygen atoms in total. The third kappa shape index (κ3) is 5.78. The van der Waals surface area contributed by atoms with Gasteiger partial charge in [0.25, 0.3) is 0 Å². The topological polar surface area (TPSA) is 36.9 Å². The summed E-state index contributed by atoms with van der Waals surface area (Å²) in [5, 5.41) is 7.42. The van der Waals surface area contributed by atoms with Crippen LogP contribution >= 0.6 is 15.8 Å². The van der Waals surface area contributed by atoms with Gasteiger partial charge in [0, 0.05) is 11.1 Å². The number of hydrogen-bond donors (Lipinski definition) is 0. The molecule has 0 unspecified atom stereocenters. The Morgan fingerprint density at radius 2 is 0.851 bits per heavy atom. The Labute approximate surface area is 278 Å². The molecule has 0 N–H and O–H groups in total. The Hall–Kier alpha value is -4.62. The van der Waals surface area contributed by atoms with E-state index in [1.54, 1.807) is 0 Å². The van der Waals surface area contributed by atoms with E-state index < -0.39 is 15.8 Å². The van der Waals surface area contributed by atoms with Crippen LogP contribution in [0.25, 0.3) is 11.1 Å². The van der Waals surface area contributed by atoms with Gasteiger partial charge in [-0.05, 0) is 78.9 Å². The molecular formula is C41H34O4P2. The zero-order valence-corrected chi connectivity index (χ0v) is 27.9. The number of ether oxygens (including phenoxy) is 4. The maximum absolute atomic E-state index is 6.72. The summed E-state index contributed by atoms with van der Waals surface area (Å²) >= 11 is 0. The van der Waals surface area contributed by atoms with Crippen LogP contribution in [0.1, 0.15) is 6.92 Å². The minimum Gasteiger partial charge on any atom is -0.486 e. The van der Waals surface area contributed by atoms with Crippen LogP contribution in [0.2, 0.25) is 0 Å². The SMILES string of the molecule is C[C@H]1COc2c(ccc(P(c3ccccc3)c3ccccc3)c2-c2c(P(c3ccccc3)c3ccccc3)ccc3c2OCCO3)O1. The van der Waals surface area contributed by atoms with Crippen molar-refractivity contribution in [1.82, 2.24) is 0 Å². The van der Waals surface area contributed by atoms with Gasteiger partial charge in [-0.25, -0.2) is 0 Å². The van der Waals surface area contributed by atoms with Crippen LogP contribution < -0.4 is 50.8 Å². The Bertz CT molecular complexity index is 1910. The molecule has 0 bridgehead atoms. The lowest BCUT2D eigenvalue weighted by molar-refractivity contribution is 0.105. The van der Waals surface area contributed by atoms with Gasteiger partial charge in [-0.15, -0.1) is 0 Å². The number of rotatable bonds is 7. The molecule has 0 radical (unpaired) electrons. The molecule has 6 heteroatoms. The molecule has 2 aliphatic rings. The number of hydrogen-bond acceptors (Lipinski definition) is 4. The summed E-state index contributed by atoms with van der Waals surface area (Å²) in [6, 6.07) is 51.9. The van der Waals surface area contributed by atoms with E-state index in [9.17, 15) is 0 Å². The van der Waals surface area contributed by atoms with E-state index in [1.165, 1.54) is 31.8 Å². The van der Waals surface area contributed by atoms with E-state index in [-0.39, 0.29) is 6.10 Å². The van der Waals surface area contributed by atoms with Crippen molar-refractivity contribution in [1.29, 1.82) is 0 Å². The molecule has 0 amide bonds. The van der Waals surface area contributed by atoms with Gasteiger partial charge in [0.1, 0.15) is 25.9 Å². The quantitative estimate of drug-likeness (QED) is 0.178. The zero-order chi connectivity index (χ0) is 31.6. The Balaban J connectivity index is 1.48. The van der Waals surface area contributed by atoms with E-state index >= 15 is 0 Å². The molecule has 232 valence electrons. The Kier molecular flexibility index (Phi) is 8.39. The molecular weight excluding hydrogens is 618 g/mol. The van der Waals surface area contributed by atoms with Crippen molar-refractivity contribution < 1.29 is 18.9 Å². The van der Waals surface area contributed by atoms with E-state index in [2.05, 4.69) is 146 Å². The van der Waals surface area contributed by atoms with Gasteiger partial charge in [-0.1, -0.05) is 121 Å². The van der Waals surface area contributed by atoms with Crippen LogP contribution in [0.5, 0.6) is 23.0 Å². The lowest BCUT2D eigenvalue weighted by atomic mass is 10.0. The first-order valence-corrected chi connectivity index (χ1v) is 18.6. The summed E-state index contributed by atoms with van der Waals surface area (Å²) < 4.78 is 26.1. The van der Waals surface area contributed by atoms with Crippen LogP contribution in [0, 0.1) is 0 Å². The fourth-order valence-corrected chi connectivity index (χ4v) is 11.3. The first kappa shape index (κ1) is 29.8. The van der Waals surface area contributed by atoms with E-state index in [4.69, 9.17) is 18.9 Å². The average molecular weight is 653 g/mol. The molecule has 0 saturated carbocycles. The predicted octanol–water partition coefficient (Wildman–Crippen LogP) is 6.80. The van der Waals surface area contributed by atoms with Crippen molar-refractivity contribution in [2.45, 2.75) is 13.0 Å². The molecule has 2 heterocycles. The molecule has 2 aliphatic heterocycles. The minimum atomic E-state index is -0.995. The Morgan fingerprint density at radius 1 is 0.447 bits per heavy atom. The molecule has 0 spiro atoms. The van der Waals surface area contributed by atoms with Crippen LogP contribution in [0.3, 0.4) is 0 Å². The summed E-state index contributed by atoms with van der Waals surface area (Å²) in [6.45, 7) is 3.50. The average Bonchev–Trinajstić information content (AvgIpc) is 3.14. The Morgan fingerprint density at radius 3 is 1.32 bits per heavy atom. The minimum absolute atomic E-state index is 0.0551. The summed E-state index contributed by atoms with van der Waals surface area (Å²) in [6.07, 6.45) is -0.0551.